The van der Waals surface area contributed by atoms with E-state index in [1.54, 1.807) is 0 Å². The highest BCUT2D eigenvalue weighted by molar-refractivity contribution is 7.91. The lowest BCUT2D eigenvalue weighted by Crippen LogP contribution is -2.11. The smallest absolute Gasteiger partial charge is 0.411 e. The molecule has 1 heterocycles. The molecule has 0 amide bonds. The normalized spacial score (nSPS) is 14.8. The number of hydrogen-bond donors (Lipinski definition) is 2. The molecule has 0 fully saturated rings. The summed E-state index contributed by atoms with van der Waals surface area (Å²) in [4.78, 5) is 0. The van der Waals surface area contributed by atoms with Crippen molar-refractivity contribution in [3.63, 3.8) is 0 Å². The van der Waals surface area contributed by atoms with Gasteiger partial charge >= 0.3 is 6.18 Å². The van der Waals surface area contributed by atoms with Gasteiger partial charge in [0, 0.05) is 28.2 Å². The molecule has 1 aromatic heterocycles. The third kappa shape index (κ3) is 6.63. The topological polar surface area (TPSA) is 112 Å². The van der Waals surface area contributed by atoms with E-state index in [2.05, 4.69) is 15.5 Å². The van der Waals surface area contributed by atoms with Crippen molar-refractivity contribution >= 4 is 15.4 Å². The van der Waals surface area contributed by atoms with Crippen LogP contribution in [0.15, 0.2) is 34.1 Å². The van der Waals surface area contributed by atoms with Crippen LogP contribution in [0, 0.1) is 4.78 Å². The van der Waals surface area contributed by atoms with Gasteiger partial charge in [-0.25, -0.2) is 4.63 Å². The van der Waals surface area contributed by atoms with Crippen molar-refractivity contribution in [2.24, 2.45) is 5.16 Å². The molecule has 7 nitrogen and oxygen atoms in total. The van der Waals surface area contributed by atoms with Crippen LogP contribution in [0.3, 0.4) is 0 Å². The van der Waals surface area contributed by atoms with Crippen LogP contribution in [0.1, 0.15) is 41.8 Å². The van der Waals surface area contributed by atoms with Gasteiger partial charge < -0.3 is 5.21 Å². The molecule has 0 spiro atoms. The Hall–Kier alpha value is -2.43. The predicted molar refractivity (Wildman–Crippen MR) is 97.0 cm³/mol. The van der Waals surface area contributed by atoms with E-state index in [0.717, 1.165) is 18.6 Å². The van der Waals surface area contributed by atoms with Gasteiger partial charge in [0.1, 0.15) is 11.4 Å². The lowest BCUT2D eigenvalue weighted by atomic mass is 10.0. The van der Waals surface area contributed by atoms with Crippen molar-refractivity contribution in [1.82, 2.24) is 10.3 Å². The van der Waals surface area contributed by atoms with Crippen LogP contribution >= 0.6 is 0 Å². The molecule has 2 rings (SSSR count). The van der Waals surface area contributed by atoms with E-state index in [4.69, 9.17) is 9.41 Å². The van der Waals surface area contributed by atoms with Gasteiger partial charge in [-0.2, -0.15) is 13.2 Å². The molecule has 2 aromatic rings. The highest BCUT2D eigenvalue weighted by atomic mass is 32.2. The van der Waals surface area contributed by atoms with Crippen LogP contribution in [0.4, 0.5) is 13.2 Å². The molecule has 11 heteroatoms. The third-order valence-corrected chi connectivity index (χ3v) is 5.09. The molecular formula is C17H21F3N4O3S. The van der Waals surface area contributed by atoms with Gasteiger partial charge in [0.15, 0.2) is 5.69 Å². The molecule has 1 unspecified atom stereocenters. The van der Waals surface area contributed by atoms with Gasteiger partial charge in [-0.05, 0) is 36.0 Å². The molecule has 0 radical (unpaired) electrons. The number of unbranched alkanes of at least 4 members (excludes halogenated alkanes) is 2. The Morgan fingerprint density at radius 1 is 1.29 bits per heavy atom. The number of oxime groups is 1. The lowest BCUT2D eigenvalue weighted by molar-refractivity contribution is -0.137. The number of hydrogen-bond acceptors (Lipinski definition) is 7. The average Bonchev–Trinajstić information content (AvgIpc) is 3.06. The molecule has 0 aliphatic heterocycles. The number of rotatable bonds is 9. The first-order valence-corrected chi connectivity index (χ1v) is 10.6. The number of benzene rings is 1. The standard InChI is InChI=1S/C17H21F3N4O3S/c1-28(21,26)9-4-2-3-8-14-16(24-27-23-14)15(22-25)11-12-6-5-7-13(10-12)17(18,19)20/h5-7,10,21,25H,2-4,8-9,11H2,1H3/b22-15+. The van der Waals surface area contributed by atoms with Crippen LogP contribution in [0.2, 0.25) is 0 Å². The first-order valence-electron chi connectivity index (χ1n) is 8.50. The van der Waals surface area contributed by atoms with Crippen LogP contribution < -0.4 is 0 Å². The van der Waals surface area contributed by atoms with Crippen LogP contribution in [0.5, 0.6) is 0 Å². The van der Waals surface area contributed by atoms with Crippen molar-refractivity contribution in [1.29, 1.82) is 4.78 Å². The fourth-order valence-electron chi connectivity index (χ4n) is 2.65. The minimum Gasteiger partial charge on any atom is -0.411 e. The fourth-order valence-corrected chi connectivity index (χ4v) is 3.41. The minimum absolute atomic E-state index is 0.0540. The summed E-state index contributed by atoms with van der Waals surface area (Å²) >= 11 is 0. The molecule has 1 atom stereocenters. The summed E-state index contributed by atoms with van der Waals surface area (Å²) in [5.74, 6) is 0.315. The van der Waals surface area contributed by atoms with Crippen molar-refractivity contribution < 1.29 is 27.2 Å². The Labute approximate surface area is 160 Å². The van der Waals surface area contributed by atoms with Gasteiger partial charge in [0.05, 0.1) is 5.56 Å². The molecule has 0 bridgehead atoms. The lowest BCUT2D eigenvalue weighted by Gasteiger charge is -2.09. The summed E-state index contributed by atoms with van der Waals surface area (Å²) in [6.45, 7) is 0. The van der Waals surface area contributed by atoms with Gasteiger partial charge in [-0.15, -0.1) is 0 Å². The van der Waals surface area contributed by atoms with Crippen molar-refractivity contribution in [2.45, 2.75) is 38.3 Å². The first-order chi connectivity index (χ1) is 13.1. The summed E-state index contributed by atoms with van der Waals surface area (Å²) in [5.41, 5.74) is 0.202. The summed E-state index contributed by atoms with van der Waals surface area (Å²) in [6.07, 6.45) is -0.681. The first kappa shape index (κ1) is 21.9. The van der Waals surface area contributed by atoms with E-state index in [1.165, 1.54) is 18.4 Å². The molecule has 0 saturated carbocycles. The maximum Gasteiger partial charge on any atom is 0.416 e. The second-order valence-electron chi connectivity index (χ2n) is 6.50. The summed E-state index contributed by atoms with van der Waals surface area (Å²) in [5, 5.41) is 20.0. The largest absolute Gasteiger partial charge is 0.416 e. The van der Waals surface area contributed by atoms with Crippen LogP contribution in [0.25, 0.3) is 0 Å². The van der Waals surface area contributed by atoms with E-state index >= 15 is 0 Å². The quantitative estimate of drug-likeness (QED) is 0.278. The Morgan fingerprint density at radius 3 is 2.68 bits per heavy atom. The van der Waals surface area contributed by atoms with Gasteiger partial charge in [-0.1, -0.05) is 34.9 Å². The fraction of sp³-hybridized carbons (Fsp3) is 0.471. The van der Waals surface area contributed by atoms with Gasteiger partial charge in [0.25, 0.3) is 0 Å². The van der Waals surface area contributed by atoms with Gasteiger partial charge in [0.2, 0.25) is 0 Å². The maximum absolute atomic E-state index is 12.9. The molecule has 0 aliphatic rings. The summed E-state index contributed by atoms with van der Waals surface area (Å²) in [6, 6.07) is 4.74. The SMILES string of the molecule is CS(=N)(=O)CCCCCc1nonc1/C(Cc1cccc(C(F)(F)F)c1)=N/O. The summed E-state index contributed by atoms with van der Waals surface area (Å²) in [7, 11) is -2.51. The monoisotopic (exact) mass is 418 g/mol. The Kier molecular flexibility index (Phi) is 7.17. The zero-order chi connectivity index (χ0) is 20.8. The van der Waals surface area contributed by atoms with E-state index < -0.39 is 21.5 Å². The highest BCUT2D eigenvalue weighted by Gasteiger charge is 2.30. The van der Waals surface area contributed by atoms with E-state index in [0.29, 0.717) is 36.3 Å². The van der Waals surface area contributed by atoms with Crippen molar-refractivity contribution in [3.05, 3.63) is 46.8 Å². The third-order valence-electron chi connectivity index (χ3n) is 4.02. The second-order valence-corrected chi connectivity index (χ2v) is 8.92. The number of nitrogens with one attached hydrogen (secondary N) is 1. The van der Waals surface area contributed by atoms with E-state index in [1.807, 2.05) is 0 Å². The van der Waals surface area contributed by atoms with Crippen LogP contribution in [-0.4, -0.2) is 37.4 Å². The Bertz CT molecular complexity index is 924. The van der Waals surface area contributed by atoms with E-state index in [9.17, 15) is 22.6 Å². The molecule has 0 aliphatic carbocycles. The predicted octanol–water partition coefficient (Wildman–Crippen LogP) is 3.90. The van der Waals surface area contributed by atoms with Crippen molar-refractivity contribution in [2.75, 3.05) is 12.0 Å². The van der Waals surface area contributed by atoms with Crippen LogP contribution in [-0.2, 0) is 28.7 Å². The highest BCUT2D eigenvalue weighted by Crippen LogP contribution is 2.29. The Balaban J connectivity index is 2.03. The number of nitrogens with zero attached hydrogens (tertiary/aromatic N) is 3. The minimum atomic E-state index is -4.46. The number of aryl methyl sites for hydroxylation is 1. The number of alkyl halides is 3. The molecule has 154 valence electrons. The summed E-state index contributed by atoms with van der Waals surface area (Å²) < 4.78 is 62.0. The molecule has 2 N–H and O–H groups in total. The zero-order valence-corrected chi connectivity index (χ0v) is 16.0. The second kappa shape index (κ2) is 9.18. The van der Waals surface area contributed by atoms with E-state index in [-0.39, 0.29) is 17.8 Å². The van der Waals surface area contributed by atoms with Gasteiger partial charge in [-0.3, -0.25) is 8.99 Å². The Morgan fingerprint density at radius 2 is 2.04 bits per heavy atom. The molecule has 1 aromatic carbocycles. The average molecular weight is 418 g/mol. The zero-order valence-electron chi connectivity index (χ0n) is 15.2. The molecule has 28 heavy (non-hydrogen) atoms. The van der Waals surface area contributed by atoms with Crippen molar-refractivity contribution in [3.8, 4) is 0 Å². The maximum atomic E-state index is 12.9. The molecular weight excluding hydrogens is 397 g/mol. The number of aromatic nitrogens is 2. The number of halogens is 3. The molecule has 0 saturated heterocycles.